The molecule has 3 aliphatic carbocycles. The van der Waals surface area contributed by atoms with Crippen LogP contribution in [0.4, 0.5) is 0 Å². The summed E-state index contributed by atoms with van der Waals surface area (Å²) in [5.74, 6) is 1.45. The number of amides is 1. The van der Waals surface area contributed by atoms with Crippen molar-refractivity contribution in [2.45, 2.75) is 18.3 Å². The van der Waals surface area contributed by atoms with Crippen LogP contribution in [-0.2, 0) is 0 Å². The van der Waals surface area contributed by atoms with Gasteiger partial charge in [-0.1, -0.05) is 48.5 Å². The van der Waals surface area contributed by atoms with E-state index < -0.39 is 0 Å². The lowest BCUT2D eigenvalue weighted by molar-refractivity contribution is 0.0915. The SMILES string of the molecule is O=C(NC[C@@H]1CC2c3ccccc3C1c1ccccc12)c1ccco1. The number of hydrogen-bond donors (Lipinski definition) is 1. The van der Waals surface area contributed by atoms with Crippen LogP contribution in [0.25, 0.3) is 0 Å². The fourth-order valence-electron chi connectivity index (χ4n) is 4.68. The molecule has 1 amide bonds. The number of furan rings is 1. The van der Waals surface area contributed by atoms with E-state index in [4.69, 9.17) is 4.42 Å². The first-order valence-corrected chi connectivity index (χ1v) is 8.82. The summed E-state index contributed by atoms with van der Waals surface area (Å²) in [4.78, 5) is 12.2. The lowest BCUT2D eigenvalue weighted by Gasteiger charge is -2.45. The molecule has 25 heavy (non-hydrogen) atoms. The Morgan fingerprint density at radius 1 is 0.920 bits per heavy atom. The van der Waals surface area contributed by atoms with Gasteiger partial charge in [0.25, 0.3) is 5.91 Å². The van der Waals surface area contributed by atoms with Crippen LogP contribution < -0.4 is 5.32 Å². The van der Waals surface area contributed by atoms with Crippen molar-refractivity contribution in [1.82, 2.24) is 5.32 Å². The van der Waals surface area contributed by atoms with E-state index in [1.54, 1.807) is 12.1 Å². The van der Waals surface area contributed by atoms with Gasteiger partial charge in [0.2, 0.25) is 0 Å². The zero-order valence-electron chi connectivity index (χ0n) is 13.8. The number of rotatable bonds is 3. The molecular formula is C22H19NO2. The van der Waals surface area contributed by atoms with Crippen molar-refractivity contribution in [2.75, 3.05) is 6.54 Å². The molecule has 3 aliphatic rings. The summed E-state index contributed by atoms with van der Waals surface area (Å²) in [7, 11) is 0. The zero-order valence-corrected chi connectivity index (χ0v) is 13.8. The first-order valence-electron chi connectivity index (χ1n) is 8.82. The molecule has 2 aromatic carbocycles. The number of nitrogens with one attached hydrogen (secondary N) is 1. The molecule has 6 rings (SSSR count). The molecule has 0 aliphatic heterocycles. The van der Waals surface area contributed by atoms with E-state index >= 15 is 0 Å². The van der Waals surface area contributed by atoms with Crippen LogP contribution >= 0.6 is 0 Å². The molecule has 124 valence electrons. The van der Waals surface area contributed by atoms with Crippen molar-refractivity contribution < 1.29 is 9.21 Å². The van der Waals surface area contributed by atoms with Crippen LogP contribution in [0.2, 0.25) is 0 Å². The average Bonchev–Trinajstić information content (AvgIpc) is 3.21. The maximum atomic E-state index is 12.2. The molecule has 0 saturated carbocycles. The molecule has 1 atom stereocenters. The van der Waals surface area contributed by atoms with E-state index in [-0.39, 0.29) is 5.91 Å². The minimum absolute atomic E-state index is 0.131. The minimum Gasteiger partial charge on any atom is -0.459 e. The average molecular weight is 329 g/mol. The molecule has 0 radical (unpaired) electrons. The highest BCUT2D eigenvalue weighted by Gasteiger charge is 2.42. The zero-order chi connectivity index (χ0) is 16.8. The molecule has 0 fully saturated rings. The molecule has 3 heteroatoms. The topological polar surface area (TPSA) is 42.2 Å². The Morgan fingerprint density at radius 2 is 1.56 bits per heavy atom. The molecule has 0 spiro atoms. The van der Waals surface area contributed by atoms with E-state index in [1.807, 2.05) is 0 Å². The van der Waals surface area contributed by atoms with Gasteiger partial charge in [-0.15, -0.1) is 0 Å². The largest absolute Gasteiger partial charge is 0.459 e. The normalized spacial score (nSPS) is 23.0. The van der Waals surface area contributed by atoms with Crippen LogP contribution in [0.15, 0.2) is 71.3 Å². The second-order valence-electron chi connectivity index (χ2n) is 6.97. The summed E-state index contributed by atoms with van der Waals surface area (Å²) in [5, 5.41) is 3.07. The van der Waals surface area contributed by atoms with Gasteiger partial charge < -0.3 is 9.73 Å². The molecular weight excluding hydrogens is 310 g/mol. The van der Waals surface area contributed by atoms with Crippen LogP contribution in [0.3, 0.4) is 0 Å². The van der Waals surface area contributed by atoms with Gasteiger partial charge in [-0.2, -0.15) is 0 Å². The van der Waals surface area contributed by atoms with E-state index in [1.165, 1.54) is 28.5 Å². The van der Waals surface area contributed by atoms with Gasteiger partial charge in [0.15, 0.2) is 5.76 Å². The third-order valence-electron chi connectivity index (χ3n) is 5.69. The molecule has 1 N–H and O–H groups in total. The Kier molecular flexibility index (Phi) is 3.27. The Balaban J connectivity index is 1.47. The summed E-state index contributed by atoms with van der Waals surface area (Å²) >= 11 is 0. The van der Waals surface area contributed by atoms with Crippen molar-refractivity contribution in [1.29, 1.82) is 0 Å². The van der Waals surface area contributed by atoms with Crippen molar-refractivity contribution in [3.8, 4) is 0 Å². The van der Waals surface area contributed by atoms with Crippen molar-refractivity contribution in [3.63, 3.8) is 0 Å². The highest BCUT2D eigenvalue weighted by molar-refractivity contribution is 5.91. The lowest BCUT2D eigenvalue weighted by Crippen LogP contribution is -2.39. The van der Waals surface area contributed by atoms with Gasteiger partial charge in [0, 0.05) is 18.4 Å². The first-order chi connectivity index (χ1) is 12.3. The lowest BCUT2D eigenvalue weighted by atomic mass is 9.59. The van der Waals surface area contributed by atoms with Crippen molar-refractivity contribution in [2.24, 2.45) is 5.92 Å². The molecule has 3 nitrogen and oxygen atoms in total. The second kappa shape index (κ2) is 5.62. The standard InChI is InChI=1S/C22H19NO2/c24-22(20-10-5-11-25-20)23-13-14-12-19-15-6-1-3-8-17(15)21(14)18-9-4-2-7-16(18)19/h1-11,14,19,21H,12-13H2,(H,23,24)/t14-,19?,21?/m0/s1. The predicted octanol–water partition coefficient (Wildman–Crippen LogP) is 4.31. The molecule has 2 bridgehead atoms. The van der Waals surface area contributed by atoms with Crippen LogP contribution in [0.5, 0.6) is 0 Å². The van der Waals surface area contributed by atoms with Gasteiger partial charge in [0.05, 0.1) is 6.26 Å². The van der Waals surface area contributed by atoms with Crippen LogP contribution in [-0.4, -0.2) is 12.5 Å². The first kappa shape index (κ1) is 14.5. The third-order valence-corrected chi connectivity index (χ3v) is 5.69. The molecule has 0 unspecified atom stereocenters. The number of fused-ring (bicyclic) bond motifs is 1. The maximum Gasteiger partial charge on any atom is 0.286 e. The number of carbonyl (C=O) groups excluding carboxylic acids is 1. The molecule has 0 saturated heterocycles. The highest BCUT2D eigenvalue weighted by Crippen LogP contribution is 2.55. The minimum atomic E-state index is -0.131. The molecule has 1 aromatic heterocycles. The van der Waals surface area contributed by atoms with E-state index in [2.05, 4.69) is 53.8 Å². The Bertz CT molecular complexity index is 881. The fraction of sp³-hybridized carbons (Fsp3) is 0.227. The predicted molar refractivity (Wildman–Crippen MR) is 95.7 cm³/mol. The number of hydrogen-bond acceptors (Lipinski definition) is 2. The third kappa shape index (κ3) is 2.23. The van der Waals surface area contributed by atoms with Gasteiger partial charge in [-0.3, -0.25) is 4.79 Å². The second-order valence-corrected chi connectivity index (χ2v) is 6.97. The number of carbonyl (C=O) groups is 1. The van der Waals surface area contributed by atoms with Gasteiger partial charge >= 0.3 is 0 Å². The van der Waals surface area contributed by atoms with Gasteiger partial charge in [-0.25, -0.2) is 0 Å². The van der Waals surface area contributed by atoms with Gasteiger partial charge in [0.1, 0.15) is 0 Å². The summed E-state index contributed by atoms with van der Waals surface area (Å²) in [6.07, 6.45) is 2.61. The maximum absolute atomic E-state index is 12.2. The fourth-order valence-corrected chi connectivity index (χ4v) is 4.68. The molecule has 1 heterocycles. The Labute approximate surface area is 146 Å². The van der Waals surface area contributed by atoms with Crippen molar-refractivity contribution >= 4 is 5.91 Å². The monoisotopic (exact) mass is 329 g/mol. The quantitative estimate of drug-likeness (QED) is 0.778. The number of benzene rings is 2. The summed E-state index contributed by atoms with van der Waals surface area (Å²) in [6, 6.07) is 21.0. The van der Waals surface area contributed by atoms with Crippen molar-refractivity contribution in [3.05, 3.63) is 94.9 Å². The summed E-state index contributed by atoms with van der Waals surface area (Å²) in [5.41, 5.74) is 5.77. The smallest absolute Gasteiger partial charge is 0.286 e. The Morgan fingerprint density at radius 3 is 2.16 bits per heavy atom. The van der Waals surface area contributed by atoms with Gasteiger partial charge in [-0.05, 0) is 46.7 Å². The van der Waals surface area contributed by atoms with Crippen LogP contribution in [0, 0.1) is 5.92 Å². The summed E-state index contributed by atoms with van der Waals surface area (Å²) in [6.45, 7) is 0.670. The molecule has 3 aromatic rings. The summed E-state index contributed by atoms with van der Waals surface area (Å²) < 4.78 is 5.20. The highest BCUT2D eigenvalue weighted by atomic mass is 16.3. The van der Waals surface area contributed by atoms with E-state index in [0.29, 0.717) is 30.1 Å². The van der Waals surface area contributed by atoms with E-state index in [9.17, 15) is 4.79 Å². The van der Waals surface area contributed by atoms with E-state index in [0.717, 1.165) is 6.42 Å². The van der Waals surface area contributed by atoms with Crippen LogP contribution in [0.1, 0.15) is 51.1 Å². The Hall–Kier alpha value is -2.81.